The van der Waals surface area contributed by atoms with Gasteiger partial charge in [-0.25, -0.2) is 9.97 Å². The molecule has 0 saturated heterocycles. The van der Waals surface area contributed by atoms with Crippen LogP contribution < -0.4 is 10.6 Å². The van der Waals surface area contributed by atoms with E-state index in [9.17, 15) is 9.59 Å². The third kappa shape index (κ3) is 5.68. The minimum atomic E-state index is -0.440. The molecule has 0 aliphatic rings. The Morgan fingerprint density at radius 2 is 1.29 bits per heavy atom. The van der Waals surface area contributed by atoms with E-state index in [2.05, 4.69) is 61.4 Å². The molecule has 0 aliphatic carbocycles. The Morgan fingerprint density at radius 3 is 1.71 bits per heavy atom. The maximum absolute atomic E-state index is 11.9. The number of amides is 2. The van der Waals surface area contributed by atoms with Crippen LogP contribution in [-0.4, -0.2) is 75.8 Å². The topological polar surface area (TPSA) is 202 Å². The summed E-state index contributed by atoms with van der Waals surface area (Å²) < 4.78 is 5.60. The smallest absolute Gasteiger partial charge is 0.294 e. The van der Waals surface area contributed by atoms with Gasteiger partial charge in [0, 0.05) is 12.8 Å². The van der Waals surface area contributed by atoms with E-state index >= 15 is 0 Å². The van der Waals surface area contributed by atoms with Crippen LogP contribution >= 0.6 is 22.7 Å². The fourth-order valence-electron chi connectivity index (χ4n) is 2.17. The summed E-state index contributed by atoms with van der Waals surface area (Å²) in [5.41, 5.74) is 0. The zero-order chi connectivity index (χ0) is 21.5. The molecule has 0 unspecified atom stereocenters. The zero-order valence-corrected chi connectivity index (χ0v) is 17.2. The molecule has 4 aromatic rings. The number of hydrogen-bond donors (Lipinski definition) is 4. The second kappa shape index (κ2) is 9.87. The zero-order valence-electron chi connectivity index (χ0n) is 15.6. The summed E-state index contributed by atoms with van der Waals surface area (Å²) in [6.45, 7) is 0.858. The molecular weight excluding hydrogens is 448 g/mol. The largest absolute Gasteiger partial charge is 0.381 e. The van der Waals surface area contributed by atoms with Crippen molar-refractivity contribution >= 4 is 44.8 Å². The van der Waals surface area contributed by atoms with Crippen LogP contribution in [0.15, 0.2) is 12.7 Å². The van der Waals surface area contributed by atoms with Crippen LogP contribution in [0.3, 0.4) is 0 Å². The number of carbonyl (C=O) groups excluding carboxylic acids is 2. The highest BCUT2D eigenvalue weighted by Crippen LogP contribution is 2.17. The summed E-state index contributed by atoms with van der Waals surface area (Å²) in [6.07, 6.45) is 3.58. The minimum Gasteiger partial charge on any atom is -0.381 e. The van der Waals surface area contributed by atoms with E-state index in [1.54, 1.807) is 0 Å². The predicted molar refractivity (Wildman–Crippen MR) is 107 cm³/mol. The Bertz CT molecular complexity index is 1040. The summed E-state index contributed by atoms with van der Waals surface area (Å²) in [7, 11) is 0. The molecule has 31 heavy (non-hydrogen) atoms. The molecule has 0 atom stereocenters. The van der Waals surface area contributed by atoms with Gasteiger partial charge >= 0.3 is 0 Å². The molecule has 4 aromatic heterocycles. The SMILES string of the molecule is O=C(Nc1nnc(CCOCCc2nnc(NC(=O)c3ncn[nH]3)s2)s1)c1ncn[nH]1. The first-order chi connectivity index (χ1) is 15.2. The lowest BCUT2D eigenvalue weighted by atomic mass is 10.4. The molecule has 17 heteroatoms. The molecular formula is C14H14N12O3S2. The number of carbonyl (C=O) groups is 2. The van der Waals surface area contributed by atoms with E-state index in [-0.39, 0.29) is 11.6 Å². The van der Waals surface area contributed by atoms with E-state index in [1.807, 2.05) is 0 Å². The highest BCUT2D eigenvalue weighted by molar-refractivity contribution is 7.15. The third-order valence-corrected chi connectivity index (χ3v) is 5.35. The normalized spacial score (nSPS) is 10.8. The van der Waals surface area contributed by atoms with Crippen LogP contribution in [0.4, 0.5) is 10.3 Å². The average molecular weight is 462 g/mol. The molecule has 0 bridgehead atoms. The first kappa shape index (κ1) is 20.6. The summed E-state index contributed by atoms with van der Waals surface area (Å²) in [6, 6.07) is 0. The van der Waals surface area contributed by atoms with Crippen molar-refractivity contribution in [2.75, 3.05) is 23.8 Å². The molecule has 160 valence electrons. The van der Waals surface area contributed by atoms with Gasteiger partial charge in [-0.1, -0.05) is 22.7 Å². The second-order valence-corrected chi connectivity index (χ2v) is 7.81. The van der Waals surface area contributed by atoms with Crippen molar-refractivity contribution in [2.24, 2.45) is 0 Å². The number of H-pyrrole nitrogens is 2. The van der Waals surface area contributed by atoms with Crippen molar-refractivity contribution in [3.63, 3.8) is 0 Å². The monoisotopic (exact) mass is 462 g/mol. The summed E-state index contributed by atoms with van der Waals surface area (Å²) in [5, 5.41) is 35.4. The molecule has 0 fully saturated rings. The molecule has 0 spiro atoms. The van der Waals surface area contributed by atoms with Gasteiger partial charge in [0.05, 0.1) is 13.2 Å². The number of nitrogens with one attached hydrogen (secondary N) is 4. The molecule has 4 heterocycles. The van der Waals surface area contributed by atoms with Crippen molar-refractivity contribution in [1.29, 1.82) is 0 Å². The summed E-state index contributed by atoms with van der Waals surface area (Å²) in [5.74, 6) is -0.690. The Labute approximate surface area is 181 Å². The van der Waals surface area contributed by atoms with Crippen LogP contribution in [0.25, 0.3) is 0 Å². The van der Waals surface area contributed by atoms with Crippen molar-refractivity contribution in [3.8, 4) is 0 Å². The van der Waals surface area contributed by atoms with Crippen molar-refractivity contribution in [2.45, 2.75) is 12.8 Å². The van der Waals surface area contributed by atoms with E-state index in [1.165, 1.54) is 35.3 Å². The Hall–Kier alpha value is -3.70. The van der Waals surface area contributed by atoms with Crippen LogP contribution in [0.5, 0.6) is 0 Å². The number of rotatable bonds is 10. The van der Waals surface area contributed by atoms with Crippen molar-refractivity contribution in [3.05, 3.63) is 34.3 Å². The molecule has 4 rings (SSSR count). The average Bonchev–Trinajstić information content (AvgIpc) is 3.55. The van der Waals surface area contributed by atoms with Crippen LogP contribution in [-0.2, 0) is 17.6 Å². The maximum atomic E-state index is 11.9. The quantitative estimate of drug-likeness (QED) is 0.230. The first-order valence-corrected chi connectivity index (χ1v) is 10.4. The van der Waals surface area contributed by atoms with Crippen molar-refractivity contribution < 1.29 is 14.3 Å². The fraction of sp³-hybridized carbons (Fsp3) is 0.286. The minimum absolute atomic E-state index is 0.0949. The molecule has 0 radical (unpaired) electrons. The molecule has 4 N–H and O–H groups in total. The van der Waals surface area contributed by atoms with Gasteiger partial charge in [0.15, 0.2) is 0 Å². The molecule has 2 amide bonds. The number of aromatic amines is 2. The van der Waals surface area contributed by atoms with Gasteiger partial charge < -0.3 is 4.74 Å². The van der Waals surface area contributed by atoms with Gasteiger partial charge in [-0.05, 0) is 0 Å². The van der Waals surface area contributed by atoms with E-state index < -0.39 is 11.8 Å². The van der Waals surface area contributed by atoms with Gasteiger partial charge in [-0.2, -0.15) is 10.2 Å². The van der Waals surface area contributed by atoms with E-state index in [0.717, 1.165) is 10.0 Å². The van der Waals surface area contributed by atoms with Crippen LogP contribution in [0.2, 0.25) is 0 Å². The number of hydrogen-bond acceptors (Lipinski definition) is 13. The number of ether oxygens (including phenoxy) is 1. The van der Waals surface area contributed by atoms with Gasteiger partial charge in [0.1, 0.15) is 22.7 Å². The van der Waals surface area contributed by atoms with Gasteiger partial charge in [0.25, 0.3) is 11.8 Å². The van der Waals surface area contributed by atoms with E-state index in [4.69, 9.17) is 4.74 Å². The Balaban J connectivity index is 1.14. The Kier molecular flexibility index (Phi) is 6.55. The molecule has 0 aliphatic heterocycles. The van der Waals surface area contributed by atoms with Gasteiger partial charge in [-0.15, -0.1) is 20.4 Å². The predicted octanol–water partition coefficient (Wildman–Crippen LogP) is -0.0678. The third-order valence-electron chi connectivity index (χ3n) is 3.56. The second-order valence-electron chi connectivity index (χ2n) is 5.69. The van der Waals surface area contributed by atoms with Gasteiger partial charge in [0.2, 0.25) is 21.9 Å². The Morgan fingerprint density at radius 1 is 0.806 bits per heavy atom. The summed E-state index contributed by atoms with van der Waals surface area (Å²) >= 11 is 2.50. The maximum Gasteiger partial charge on any atom is 0.294 e. The highest BCUT2D eigenvalue weighted by Gasteiger charge is 2.13. The lowest BCUT2D eigenvalue weighted by Gasteiger charge is -2.00. The lowest BCUT2D eigenvalue weighted by Crippen LogP contribution is -2.13. The van der Waals surface area contributed by atoms with Crippen LogP contribution in [0.1, 0.15) is 31.3 Å². The van der Waals surface area contributed by atoms with E-state index in [0.29, 0.717) is 36.3 Å². The number of aromatic nitrogens is 10. The fourth-order valence-corrected chi connectivity index (χ4v) is 3.60. The number of nitrogens with zero attached hydrogens (tertiary/aromatic N) is 8. The first-order valence-electron chi connectivity index (χ1n) is 8.73. The standard InChI is InChI=1S/C14H14N12O3S2/c27-11(9-15-5-17-23-9)19-13-25-21-7(30-13)1-3-29-4-2-8-22-26-14(31-8)20-12(28)10-16-6-18-24-10/h5-6H,1-4H2,(H,15,17,23)(H,16,18,24)(H,19,25,27)(H,20,26,28). The van der Waals surface area contributed by atoms with Crippen LogP contribution in [0, 0.1) is 0 Å². The molecule has 15 nitrogen and oxygen atoms in total. The molecule has 0 aromatic carbocycles. The lowest BCUT2D eigenvalue weighted by molar-refractivity contribution is 0.100. The highest BCUT2D eigenvalue weighted by atomic mass is 32.1. The summed E-state index contributed by atoms with van der Waals surface area (Å²) in [4.78, 5) is 31.3. The van der Waals surface area contributed by atoms with Gasteiger partial charge in [-0.3, -0.25) is 30.4 Å². The number of anilines is 2. The molecule has 0 saturated carbocycles. The van der Waals surface area contributed by atoms with Crippen molar-refractivity contribution in [1.82, 2.24) is 50.8 Å².